The maximum atomic E-state index is 11.7. The largest absolute Gasteiger partial charge is 0.340 e. The first-order valence-corrected chi connectivity index (χ1v) is 6.56. The normalized spacial score (nSPS) is 30.9. The second-order valence-electron chi connectivity index (χ2n) is 3.73. The minimum atomic E-state index is -3.23. The molecule has 0 saturated carbocycles. The Hall–Kier alpha value is -0.620. The summed E-state index contributed by atoms with van der Waals surface area (Å²) in [7, 11) is -3.23. The Morgan fingerprint density at radius 1 is 1.29 bits per heavy atom. The van der Waals surface area contributed by atoms with E-state index in [-0.39, 0.29) is 11.7 Å². The van der Waals surface area contributed by atoms with Gasteiger partial charge < -0.3 is 4.90 Å². The van der Waals surface area contributed by atoms with Crippen molar-refractivity contribution in [2.24, 2.45) is 0 Å². The van der Waals surface area contributed by atoms with E-state index in [1.807, 2.05) is 0 Å². The SMILES string of the molecule is O=C([C@@H]1NCCS1(=O)=O)N1CCCC1. The maximum Gasteiger partial charge on any atom is 0.255 e. The second kappa shape index (κ2) is 3.51. The van der Waals surface area contributed by atoms with Crippen LogP contribution in [0.3, 0.4) is 0 Å². The summed E-state index contributed by atoms with van der Waals surface area (Å²) in [6, 6.07) is 0. The van der Waals surface area contributed by atoms with Crippen LogP contribution in [0, 0.1) is 0 Å². The molecule has 80 valence electrons. The van der Waals surface area contributed by atoms with Gasteiger partial charge in [0.25, 0.3) is 5.91 Å². The van der Waals surface area contributed by atoms with Gasteiger partial charge >= 0.3 is 0 Å². The molecule has 5 nitrogen and oxygen atoms in total. The van der Waals surface area contributed by atoms with Crippen LogP contribution in [0.1, 0.15) is 12.8 Å². The van der Waals surface area contributed by atoms with Crippen molar-refractivity contribution in [2.45, 2.75) is 18.2 Å². The molecule has 0 radical (unpaired) electrons. The van der Waals surface area contributed by atoms with Crippen LogP contribution in [0.25, 0.3) is 0 Å². The molecule has 2 heterocycles. The predicted molar refractivity (Wildman–Crippen MR) is 51.4 cm³/mol. The molecule has 1 N–H and O–H groups in total. The molecule has 0 bridgehead atoms. The number of nitrogens with one attached hydrogen (secondary N) is 1. The van der Waals surface area contributed by atoms with E-state index in [9.17, 15) is 13.2 Å². The molecule has 2 rings (SSSR count). The summed E-state index contributed by atoms with van der Waals surface area (Å²) >= 11 is 0. The summed E-state index contributed by atoms with van der Waals surface area (Å²) in [5.41, 5.74) is 0. The summed E-state index contributed by atoms with van der Waals surface area (Å²) in [5.74, 6) is -0.183. The van der Waals surface area contributed by atoms with Gasteiger partial charge in [-0.05, 0) is 12.8 Å². The van der Waals surface area contributed by atoms with Crippen molar-refractivity contribution in [3.63, 3.8) is 0 Å². The highest BCUT2D eigenvalue weighted by Gasteiger charge is 2.39. The summed E-state index contributed by atoms with van der Waals surface area (Å²) in [5, 5.41) is 1.77. The van der Waals surface area contributed by atoms with Crippen LogP contribution in [0.5, 0.6) is 0 Å². The van der Waals surface area contributed by atoms with Gasteiger partial charge in [-0.25, -0.2) is 8.42 Å². The fourth-order valence-corrected chi connectivity index (χ4v) is 3.39. The lowest BCUT2D eigenvalue weighted by Gasteiger charge is -2.19. The van der Waals surface area contributed by atoms with Crippen molar-refractivity contribution < 1.29 is 13.2 Å². The summed E-state index contributed by atoms with van der Waals surface area (Å²) in [6.07, 6.45) is 1.97. The molecule has 0 aromatic heterocycles. The lowest BCUT2D eigenvalue weighted by atomic mass is 10.4. The molecule has 1 amide bonds. The Balaban J connectivity index is 2.11. The lowest BCUT2D eigenvalue weighted by molar-refractivity contribution is -0.130. The van der Waals surface area contributed by atoms with Crippen molar-refractivity contribution >= 4 is 15.7 Å². The zero-order valence-electron chi connectivity index (χ0n) is 7.90. The number of nitrogens with zero attached hydrogens (tertiary/aromatic N) is 1. The molecule has 6 heteroatoms. The topological polar surface area (TPSA) is 66.5 Å². The highest BCUT2D eigenvalue weighted by Crippen LogP contribution is 2.14. The van der Waals surface area contributed by atoms with Crippen LogP contribution in [0.4, 0.5) is 0 Å². The number of hydrogen-bond acceptors (Lipinski definition) is 4. The van der Waals surface area contributed by atoms with Crippen LogP contribution in [0.15, 0.2) is 0 Å². The van der Waals surface area contributed by atoms with Crippen molar-refractivity contribution in [3.8, 4) is 0 Å². The van der Waals surface area contributed by atoms with Crippen LogP contribution >= 0.6 is 0 Å². The molecule has 2 aliphatic rings. The predicted octanol–water partition coefficient (Wildman–Crippen LogP) is -1.05. The van der Waals surface area contributed by atoms with E-state index in [4.69, 9.17) is 0 Å². The zero-order valence-corrected chi connectivity index (χ0v) is 8.72. The van der Waals surface area contributed by atoms with Gasteiger partial charge in [0.05, 0.1) is 5.75 Å². The van der Waals surface area contributed by atoms with Crippen molar-refractivity contribution in [3.05, 3.63) is 0 Å². The highest BCUT2D eigenvalue weighted by molar-refractivity contribution is 7.93. The van der Waals surface area contributed by atoms with Crippen LogP contribution in [-0.4, -0.2) is 50.0 Å². The van der Waals surface area contributed by atoms with E-state index in [1.165, 1.54) is 0 Å². The minimum Gasteiger partial charge on any atom is -0.340 e. The fraction of sp³-hybridized carbons (Fsp3) is 0.875. The van der Waals surface area contributed by atoms with E-state index in [0.29, 0.717) is 19.6 Å². The minimum absolute atomic E-state index is 0.0806. The van der Waals surface area contributed by atoms with Gasteiger partial charge in [0.15, 0.2) is 15.2 Å². The van der Waals surface area contributed by atoms with Gasteiger partial charge in [0.1, 0.15) is 0 Å². The van der Waals surface area contributed by atoms with Crippen molar-refractivity contribution in [2.75, 3.05) is 25.4 Å². The Morgan fingerprint density at radius 3 is 2.43 bits per heavy atom. The lowest BCUT2D eigenvalue weighted by Crippen LogP contribution is -2.45. The summed E-state index contributed by atoms with van der Waals surface area (Å²) in [4.78, 5) is 13.4. The molecule has 2 fully saturated rings. The third kappa shape index (κ3) is 1.64. The number of amides is 1. The second-order valence-corrected chi connectivity index (χ2v) is 5.94. The average molecular weight is 218 g/mol. The molecule has 1 atom stereocenters. The molecule has 2 saturated heterocycles. The molecule has 2 aliphatic heterocycles. The van der Waals surface area contributed by atoms with Crippen LogP contribution < -0.4 is 5.32 Å². The van der Waals surface area contributed by atoms with Gasteiger partial charge in [-0.1, -0.05) is 0 Å². The molecule has 0 aromatic rings. The molecule has 0 spiro atoms. The Morgan fingerprint density at radius 2 is 1.93 bits per heavy atom. The average Bonchev–Trinajstić information content (AvgIpc) is 2.71. The fourth-order valence-electron chi connectivity index (χ4n) is 1.92. The first-order valence-electron chi connectivity index (χ1n) is 4.85. The number of hydrogen-bond donors (Lipinski definition) is 1. The Labute approximate surface area is 83.4 Å². The standard InChI is InChI=1S/C8H14N2O3S/c11-8(10-4-1-2-5-10)7-9-3-6-14(7,12)13/h7,9H,1-6H2/t7-/m1/s1. The number of carbonyl (C=O) groups excluding carboxylic acids is 1. The summed E-state index contributed by atoms with van der Waals surface area (Å²) in [6.45, 7) is 1.80. The van der Waals surface area contributed by atoms with Crippen LogP contribution in [0.2, 0.25) is 0 Å². The van der Waals surface area contributed by atoms with Gasteiger partial charge in [0, 0.05) is 19.6 Å². The number of rotatable bonds is 1. The molecule has 0 aromatic carbocycles. The molecule has 0 unspecified atom stereocenters. The number of sulfone groups is 1. The molecule has 0 aliphatic carbocycles. The highest BCUT2D eigenvalue weighted by atomic mass is 32.2. The maximum absolute atomic E-state index is 11.7. The zero-order chi connectivity index (χ0) is 10.2. The quantitative estimate of drug-likeness (QED) is 0.610. The van der Waals surface area contributed by atoms with Crippen molar-refractivity contribution in [1.29, 1.82) is 0 Å². The van der Waals surface area contributed by atoms with Gasteiger partial charge in [-0.15, -0.1) is 0 Å². The molecule has 14 heavy (non-hydrogen) atoms. The monoisotopic (exact) mass is 218 g/mol. The smallest absolute Gasteiger partial charge is 0.255 e. The van der Waals surface area contributed by atoms with E-state index in [0.717, 1.165) is 12.8 Å². The Bertz CT molecular complexity index is 332. The first kappa shape index (κ1) is 9.92. The van der Waals surface area contributed by atoms with E-state index in [1.54, 1.807) is 4.90 Å². The third-order valence-corrected chi connectivity index (χ3v) is 4.58. The van der Waals surface area contributed by atoms with Gasteiger partial charge in [0.2, 0.25) is 0 Å². The third-order valence-electron chi connectivity index (χ3n) is 2.72. The van der Waals surface area contributed by atoms with Gasteiger partial charge in [-0.3, -0.25) is 10.1 Å². The van der Waals surface area contributed by atoms with Crippen LogP contribution in [-0.2, 0) is 14.6 Å². The van der Waals surface area contributed by atoms with Crippen molar-refractivity contribution in [1.82, 2.24) is 10.2 Å². The number of likely N-dealkylation sites (tertiary alicyclic amines) is 1. The van der Waals surface area contributed by atoms with E-state index < -0.39 is 15.2 Å². The van der Waals surface area contributed by atoms with E-state index in [2.05, 4.69) is 5.32 Å². The van der Waals surface area contributed by atoms with Gasteiger partial charge in [-0.2, -0.15) is 0 Å². The molecular weight excluding hydrogens is 204 g/mol. The van der Waals surface area contributed by atoms with E-state index >= 15 is 0 Å². The Kier molecular flexibility index (Phi) is 2.48. The first-order chi connectivity index (χ1) is 6.61. The number of carbonyl (C=O) groups is 1. The summed E-state index contributed by atoms with van der Waals surface area (Å²) < 4.78 is 22.9. The molecular formula is C8H14N2O3S.